The monoisotopic (exact) mass is 487 g/mol. The van der Waals surface area contributed by atoms with E-state index < -0.39 is 21.7 Å². The minimum absolute atomic E-state index is 0.125. The highest BCUT2D eigenvalue weighted by Gasteiger charge is 2.22. The van der Waals surface area contributed by atoms with Crippen molar-refractivity contribution in [3.05, 3.63) is 65.6 Å². The number of sulfonamides is 1. The lowest BCUT2D eigenvalue weighted by atomic mass is 10.2. The van der Waals surface area contributed by atoms with Crippen molar-refractivity contribution in [3.8, 4) is 5.13 Å². The molecule has 0 spiro atoms. The van der Waals surface area contributed by atoms with E-state index >= 15 is 0 Å². The average molecular weight is 488 g/mol. The Hall–Kier alpha value is -3.15. The minimum Gasteiger partial charge on any atom is -0.306 e. The number of thiazole rings is 1. The molecule has 33 heavy (non-hydrogen) atoms. The third-order valence-electron chi connectivity index (χ3n) is 5.07. The molecule has 1 N–H and O–H groups in total. The SMILES string of the molecule is CCN(CC)S(=O)(=O)c1ccc(C(=O)Nc2cc(C)nn2-c2nc3c(F)cccc3s2)cc1. The van der Waals surface area contributed by atoms with Gasteiger partial charge in [-0.2, -0.15) is 14.1 Å². The third kappa shape index (κ3) is 4.39. The van der Waals surface area contributed by atoms with E-state index in [1.54, 1.807) is 39.0 Å². The maximum absolute atomic E-state index is 14.1. The van der Waals surface area contributed by atoms with E-state index in [-0.39, 0.29) is 16.0 Å². The molecule has 0 unspecified atom stereocenters. The van der Waals surface area contributed by atoms with Crippen LogP contribution in [0.3, 0.4) is 0 Å². The summed E-state index contributed by atoms with van der Waals surface area (Å²) in [5.41, 5.74) is 1.17. The Morgan fingerprint density at radius 3 is 2.48 bits per heavy atom. The zero-order valence-corrected chi connectivity index (χ0v) is 19.9. The van der Waals surface area contributed by atoms with Crippen molar-refractivity contribution in [1.82, 2.24) is 19.1 Å². The van der Waals surface area contributed by atoms with Crippen molar-refractivity contribution >= 4 is 43.3 Å². The minimum atomic E-state index is -3.61. The Morgan fingerprint density at radius 2 is 1.85 bits per heavy atom. The van der Waals surface area contributed by atoms with Crippen molar-refractivity contribution in [3.63, 3.8) is 0 Å². The third-order valence-corrected chi connectivity index (χ3v) is 8.13. The van der Waals surface area contributed by atoms with Crippen LogP contribution in [0.25, 0.3) is 15.3 Å². The molecular formula is C22H22FN5O3S2. The number of fused-ring (bicyclic) bond motifs is 1. The van der Waals surface area contributed by atoms with Gasteiger partial charge in [0.25, 0.3) is 5.91 Å². The fraction of sp³-hybridized carbons (Fsp3) is 0.227. The number of benzene rings is 2. The second kappa shape index (κ2) is 9.00. The quantitative estimate of drug-likeness (QED) is 0.421. The molecular weight excluding hydrogens is 465 g/mol. The summed E-state index contributed by atoms with van der Waals surface area (Å²) in [6, 6.07) is 12.2. The lowest BCUT2D eigenvalue weighted by Crippen LogP contribution is -2.30. The molecule has 0 fully saturated rings. The highest BCUT2D eigenvalue weighted by atomic mass is 32.2. The molecule has 11 heteroatoms. The second-order valence-electron chi connectivity index (χ2n) is 7.23. The van der Waals surface area contributed by atoms with Gasteiger partial charge in [-0.15, -0.1) is 0 Å². The van der Waals surface area contributed by atoms with E-state index in [0.717, 1.165) is 0 Å². The summed E-state index contributed by atoms with van der Waals surface area (Å²) in [5, 5.41) is 7.58. The maximum atomic E-state index is 14.1. The first-order valence-electron chi connectivity index (χ1n) is 10.3. The first kappa shape index (κ1) is 23.0. The molecule has 8 nitrogen and oxygen atoms in total. The molecule has 0 radical (unpaired) electrons. The number of para-hydroxylation sites is 1. The van der Waals surface area contributed by atoms with Gasteiger partial charge in [0.1, 0.15) is 17.2 Å². The molecule has 2 aromatic heterocycles. The molecule has 0 bridgehead atoms. The Morgan fingerprint density at radius 1 is 1.15 bits per heavy atom. The molecule has 2 heterocycles. The number of aromatic nitrogens is 3. The standard InChI is InChI=1S/C22H22FN5O3S2/c1-4-27(5-2)33(30,31)16-11-9-15(10-12-16)21(29)24-19-13-14(3)26-28(19)22-25-20-17(23)7-6-8-18(20)32-22/h6-13H,4-5H2,1-3H3,(H,24,29). The number of carbonyl (C=O) groups is 1. The van der Waals surface area contributed by atoms with Gasteiger partial charge in [0, 0.05) is 24.7 Å². The lowest BCUT2D eigenvalue weighted by Gasteiger charge is -2.18. The first-order valence-corrected chi connectivity index (χ1v) is 12.5. The van der Waals surface area contributed by atoms with Crippen molar-refractivity contribution < 1.29 is 17.6 Å². The number of halogens is 1. The van der Waals surface area contributed by atoms with Crippen molar-refractivity contribution in [1.29, 1.82) is 0 Å². The van der Waals surface area contributed by atoms with E-state index in [1.807, 2.05) is 0 Å². The number of nitrogens with zero attached hydrogens (tertiary/aromatic N) is 4. The zero-order chi connectivity index (χ0) is 23.8. The van der Waals surface area contributed by atoms with Crippen LogP contribution in [0.1, 0.15) is 29.9 Å². The van der Waals surface area contributed by atoms with Crippen LogP contribution in [-0.2, 0) is 10.0 Å². The summed E-state index contributed by atoms with van der Waals surface area (Å²) in [6.07, 6.45) is 0. The Labute approximate surface area is 194 Å². The van der Waals surface area contributed by atoms with Crippen LogP contribution in [0, 0.1) is 12.7 Å². The summed E-state index contributed by atoms with van der Waals surface area (Å²) in [5.74, 6) is -0.490. The number of hydrogen-bond donors (Lipinski definition) is 1. The number of amides is 1. The molecule has 0 aliphatic heterocycles. The maximum Gasteiger partial charge on any atom is 0.256 e. The van der Waals surface area contributed by atoms with Gasteiger partial charge in [-0.3, -0.25) is 4.79 Å². The number of nitrogens with one attached hydrogen (secondary N) is 1. The molecule has 0 saturated heterocycles. The van der Waals surface area contributed by atoms with Crippen LogP contribution >= 0.6 is 11.3 Å². The van der Waals surface area contributed by atoms with E-state index in [0.29, 0.717) is 34.4 Å². The van der Waals surface area contributed by atoms with Crippen LogP contribution in [-0.4, -0.2) is 46.5 Å². The highest BCUT2D eigenvalue weighted by molar-refractivity contribution is 7.89. The summed E-state index contributed by atoms with van der Waals surface area (Å²) < 4.78 is 42.8. The van der Waals surface area contributed by atoms with Crippen LogP contribution < -0.4 is 5.32 Å². The average Bonchev–Trinajstić information content (AvgIpc) is 3.38. The summed E-state index contributed by atoms with van der Waals surface area (Å²) >= 11 is 1.25. The molecule has 0 aliphatic rings. The molecule has 2 aromatic carbocycles. The Balaban J connectivity index is 1.60. The predicted octanol–water partition coefficient (Wildman–Crippen LogP) is 4.21. The van der Waals surface area contributed by atoms with Crippen molar-refractivity contribution in [2.24, 2.45) is 0 Å². The van der Waals surface area contributed by atoms with Crippen LogP contribution in [0.2, 0.25) is 0 Å². The number of hydrogen-bond acceptors (Lipinski definition) is 6. The summed E-state index contributed by atoms with van der Waals surface area (Å²) in [7, 11) is -3.61. The molecule has 4 rings (SSSR count). The predicted molar refractivity (Wildman–Crippen MR) is 126 cm³/mol. The van der Waals surface area contributed by atoms with Crippen LogP contribution in [0.5, 0.6) is 0 Å². The van der Waals surface area contributed by atoms with E-state index in [2.05, 4.69) is 15.4 Å². The topological polar surface area (TPSA) is 97.2 Å². The van der Waals surface area contributed by atoms with Gasteiger partial charge in [0.15, 0.2) is 0 Å². The molecule has 0 saturated carbocycles. The molecule has 0 aliphatic carbocycles. The Bertz CT molecular complexity index is 1420. The van der Waals surface area contributed by atoms with Gasteiger partial charge in [0.2, 0.25) is 15.2 Å². The second-order valence-corrected chi connectivity index (χ2v) is 10.2. The normalized spacial score (nSPS) is 11.9. The van der Waals surface area contributed by atoms with Crippen molar-refractivity contribution in [2.75, 3.05) is 18.4 Å². The van der Waals surface area contributed by atoms with E-state index in [1.165, 1.54) is 50.7 Å². The smallest absolute Gasteiger partial charge is 0.256 e. The number of rotatable bonds is 7. The number of aryl methyl sites for hydroxylation is 1. The lowest BCUT2D eigenvalue weighted by molar-refractivity contribution is 0.102. The van der Waals surface area contributed by atoms with Crippen LogP contribution in [0.15, 0.2) is 53.4 Å². The number of carbonyl (C=O) groups excluding carboxylic acids is 1. The molecule has 0 atom stereocenters. The molecule has 1 amide bonds. The van der Waals surface area contributed by atoms with Crippen LogP contribution in [0.4, 0.5) is 10.2 Å². The largest absolute Gasteiger partial charge is 0.306 e. The number of anilines is 1. The Kier molecular flexibility index (Phi) is 6.28. The van der Waals surface area contributed by atoms with Gasteiger partial charge in [-0.05, 0) is 43.3 Å². The molecule has 4 aromatic rings. The van der Waals surface area contributed by atoms with Gasteiger partial charge >= 0.3 is 0 Å². The van der Waals surface area contributed by atoms with Crippen molar-refractivity contribution in [2.45, 2.75) is 25.7 Å². The van der Waals surface area contributed by atoms with E-state index in [9.17, 15) is 17.6 Å². The van der Waals surface area contributed by atoms with Gasteiger partial charge < -0.3 is 5.32 Å². The van der Waals surface area contributed by atoms with Gasteiger partial charge in [-0.25, -0.2) is 17.8 Å². The van der Waals surface area contributed by atoms with E-state index in [4.69, 9.17) is 0 Å². The molecule has 172 valence electrons. The summed E-state index contributed by atoms with van der Waals surface area (Å²) in [4.78, 5) is 17.3. The van der Waals surface area contributed by atoms with Gasteiger partial charge in [-0.1, -0.05) is 31.3 Å². The first-order chi connectivity index (χ1) is 15.7. The highest BCUT2D eigenvalue weighted by Crippen LogP contribution is 2.29. The zero-order valence-electron chi connectivity index (χ0n) is 18.2. The fourth-order valence-electron chi connectivity index (χ4n) is 3.41. The van der Waals surface area contributed by atoms with Gasteiger partial charge in [0.05, 0.1) is 15.3 Å². The fourth-order valence-corrected chi connectivity index (χ4v) is 5.81. The summed E-state index contributed by atoms with van der Waals surface area (Å²) in [6.45, 7) is 6.04.